The molecule has 0 N–H and O–H groups in total. The number of rotatable bonds is 4. The fourth-order valence-corrected chi connectivity index (χ4v) is 3.49. The summed E-state index contributed by atoms with van der Waals surface area (Å²) in [6, 6.07) is 17.0. The van der Waals surface area contributed by atoms with Crippen LogP contribution in [0.5, 0.6) is 0 Å². The molecule has 0 aliphatic carbocycles. The van der Waals surface area contributed by atoms with Gasteiger partial charge in [0, 0.05) is 28.9 Å². The summed E-state index contributed by atoms with van der Waals surface area (Å²) in [6.07, 6.45) is 3.25. The number of carbonyl (C=O) groups excluding carboxylic acids is 1. The number of anilines is 2. The van der Waals surface area contributed by atoms with Gasteiger partial charge in [-0.2, -0.15) is 0 Å². The zero-order chi connectivity index (χ0) is 14.8. The van der Waals surface area contributed by atoms with Gasteiger partial charge in [0.15, 0.2) is 0 Å². The summed E-state index contributed by atoms with van der Waals surface area (Å²) >= 11 is 0. The molecule has 2 unspecified atom stereocenters. The second-order valence-corrected chi connectivity index (χ2v) is 5.78. The first-order chi connectivity index (χ1) is 10.3. The number of benzene rings is 2. The molecule has 1 heterocycles. The molecular weight excluding hydrogens is 258 g/mol. The number of aldehydes is 1. The largest absolute Gasteiger partial charge is 0.338 e. The van der Waals surface area contributed by atoms with Gasteiger partial charge in [-0.25, -0.2) is 0 Å². The smallest absolute Gasteiger partial charge is 0.150 e. The molecule has 1 aliphatic heterocycles. The fraction of sp³-hybridized carbons (Fsp3) is 0.316. The molecule has 0 saturated heterocycles. The van der Waals surface area contributed by atoms with Crippen molar-refractivity contribution in [2.24, 2.45) is 0 Å². The van der Waals surface area contributed by atoms with Crippen LogP contribution in [0.4, 0.5) is 11.4 Å². The van der Waals surface area contributed by atoms with Gasteiger partial charge in [-0.05, 0) is 49.2 Å². The van der Waals surface area contributed by atoms with E-state index in [9.17, 15) is 4.79 Å². The molecule has 3 rings (SSSR count). The number of carbonyl (C=O) groups is 1. The minimum atomic E-state index is 0.421. The maximum absolute atomic E-state index is 11.1. The maximum Gasteiger partial charge on any atom is 0.150 e. The fourth-order valence-electron chi connectivity index (χ4n) is 3.49. The summed E-state index contributed by atoms with van der Waals surface area (Å²) < 4.78 is 0. The van der Waals surface area contributed by atoms with E-state index in [2.05, 4.69) is 55.1 Å². The third-order valence-corrected chi connectivity index (χ3v) is 4.47. The quantitative estimate of drug-likeness (QED) is 0.740. The molecular formula is C19H21NO. The summed E-state index contributed by atoms with van der Waals surface area (Å²) in [6.45, 7) is 4.51. The van der Waals surface area contributed by atoms with E-state index in [0.717, 1.165) is 24.7 Å². The highest BCUT2D eigenvalue weighted by Gasteiger charge is 2.35. The van der Waals surface area contributed by atoms with E-state index < -0.39 is 0 Å². The Morgan fingerprint density at radius 3 is 2.57 bits per heavy atom. The van der Waals surface area contributed by atoms with Crippen LogP contribution in [0.3, 0.4) is 0 Å². The van der Waals surface area contributed by atoms with Crippen LogP contribution in [0.1, 0.15) is 48.5 Å². The minimum Gasteiger partial charge on any atom is -0.338 e. The Bertz CT molecular complexity index is 635. The van der Waals surface area contributed by atoms with Gasteiger partial charge in [-0.1, -0.05) is 31.5 Å². The Balaban J connectivity index is 2.10. The monoisotopic (exact) mass is 279 g/mol. The van der Waals surface area contributed by atoms with Crippen LogP contribution in [0.15, 0.2) is 48.5 Å². The highest BCUT2D eigenvalue weighted by Crippen LogP contribution is 2.47. The Hall–Kier alpha value is -2.09. The summed E-state index contributed by atoms with van der Waals surface area (Å²) in [5, 5.41) is 0. The van der Waals surface area contributed by atoms with E-state index in [1.165, 1.54) is 16.9 Å². The van der Waals surface area contributed by atoms with E-state index in [4.69, 9.17) is 0 Å². The van der Waals surface area contributed by atoms with Crippen LogP contribution in [0, 0.1) is 0 Å². The molecule has 2 aromatic carbocycles. The highest BCUT2D eigenvalue weighted by atomic mass is 16.1. The molecule has 0 spiro atoms. The van der Waals surface area contributed by atoms with Gasteiger partial charge in [-0.3, -0.25) is 4.79 Å². The lowest BCUT2D eigenvalue weighted by Gasteiger charge is -2.27. The molecule has 0 amide bonds. The highest BCUT2D eigenvalue weighted by molar-refractivity contribution is 5.80. The van der Waals surface area contributed by atoms with Crippen molar-refractivity contribution in [3.8, 4) is 0 Å². The number of nitrogens with zero attached hydrogens (tertiary/aromatic N) is 1. The predicted molar refractivity (Wildman–Crippen MR) is 87.5 cm³/mol. The molecule has 2 aromatic rings. The van der Waals surface area contributed by atoms with Crippen LogP contribution < -0.4 is 4.90 Å². The van der Waals surface area contributed by atoms with Gasteiger partial charge in [0.25, 0.3) is 0 Å². The predicted octanol–water partition coefficient (Wildman–Crippen LogP) is 4.92. The average molecular weight is 279 g/mol. The number of hydrogen-bond donors (Lipinski definition) is 0. The first kappa shape index (κ1) is 13.9. The van der Waals surface area contributed by atoms with Gasteiger partial charge >= 0.3 is 0 Å². The lowest BCUT2D eigenvalue weighted by Crippen LogP contribution is -2.26. The van der Waals surface area contributed by atoms with Crippen molar-refractivity contribution in [1.29, 1.82) is 0 Å². The van der Waals surface area contributed by atoms with Gasteiger partial charge < -0.3 is 4.90 Å². The standard InChI is InChI=1S/C19H21NO/c1-3-7-17-14(2)20(16-8-5-4-6-9-16)19-11-10-15(13-21)12-18(17)19/h4-6,8-14,17H,3,7H2,1-2H3. The van der Waals surface area contributed by atoms with Crippen molar-refractivity contribution < 1.29 is 4.79 Å². The van der Waals surface area contributed by atoms with Gasteiger partial charge in [0.05, 0.1) is 0 Å². The molecule has 0 radical (unpaired) electrons. The summed E-state index contributed by atoms with van der Waals surface area (Å²) in [5.74, 6) is 0.491. The van der Waals surface area contributed by atoms with Crippen LogP contribution in [0.25, 0.3) is 0 Å². The van der Waals surface area contributed by atoms with Crippen molar-refractivity contribution in [3.63, 3.8) is 0 Å². The number of hydrogen-bond acceptors (Lipinski definition) is 2. The van der Waals surface area contributed by atoms with Crippen molar-refractivity contribution in [3.05, 3.63) is 59.7 Å². The van der Waals surface area contributed by atoms with E-state index >= 15 is 0 Å². The Morgan fingerprint density at radius 1 is 1.14 bits per heavy atom. The summed E-state index contributed by atoms with van der Waals surface area (Å²) in [4.78, 5) is 13.5. The molecule has 0 bridgehead atoms. The second kappa shape index (κ2) is 5.72. The molecule has 2 atom stereocenters. The molecule has 0 fully saturated rings. The van der Waals surface area contributed by atoms with E-state index in [-0.39, 0.29) is 0 Å². The topological polar surface area (TPSA) is 20.3 Å². The minimum absolute atomic E-state index is 0.421. The first-order valence-electron chi connectivity index (χ1n) is 7.69. The summed E-state index contributed by atoms with van der Waals surface area (Å²) in [7, 11) is 0. The second-order valence-electron chi connectivity index (χ2n) is 5.78. The zero-order valence-electron chi connectivity index (χ0n) is 12.6. The van der Waals surface area contributed by atoms with Crippen LogP contribution in [-0.4, -0.2) is 12.3 Å². The van der Waals surface area contributed by atoms with Crippen LogP contribution >= 0.6 is 0 Å². The molecule has 108 valence electrons. The normalized spacial score (nSPS) is 20.4. The van der Waals surface area contributed by atoms with E-state index in [1.807, 2.05) is 12.1 Å². The molecule has 2 nitrogen and oxygen atoms in total. The number of fused-ring (bicyclic) bond motifs is 1. The Kier molecular flexibility index (Phi) is 3.78. The zero-order valence-corrected chi connectivity index (χ0v) is 12.6. The lowest BCUT2D eigenvalue weighted by molar-refractivity contribution is 0.112. The third-order valence-electron chi connectivity index (χ3n) is 4.47. The van der Waals surface area contributed by atoms with Gasteiger partial charge in [-0.15, -0.1) is 0 Å². The van der Waals surface area contributed by atoms with Crippen molar-refractivity contribution in [1.82, 2.24) is 0 Å². The summed E-state index contributed by atoms with van der Waals surface area (Å²) in [5.41, 5.74) is 4.57. The lowest BCUT2D eigenvalue weighted by atomic mass is 9.91. The van der Waals surface area contributed by atoms with Gasteiger partial charge in [0.1, 0.15) is 6.29 Å². The van der Waals surface area contributed by atoms with E-state index in [1.54, 1.807) is 0 Å². The van der Waals surface area contributed by atoms with Crippen LogP contribution in [-0.2, 0) is 0 Å². The molecule has 0 aromatic heterocycles. The van der Waals surface area contributed by atoms with E-state index in [0.29, 0.717) is 12.0 Å². The van der Waals surface area contributed by atoms with Gasteiger partial charge in [0.2, 0.25) is 0 Å². The van der Waals surface area contributed by atoms with Crippen molar-refractivity contribution in [2.45, 2.75) is 38.6 Å². The van der Waals surface area contributed by atoms with Crippen LogP contribution in [0.2, 0.25) is 0 Å². The van der Waals surface area contributed by atoms with Crippen molar-refractivity contribution >= 4 is 17.7 Å². The van der Waals surface area contributed by atoms with Crippen molar-refractivity contribution in [2.75, 3.05) is 4.90 Å². The SMILES string of the molecule is CCCC1c2cc(C=O)ccc2N(c2ccccc2)C1C. The average Bonchev–Trinajstić information content (AvgIpc) is 2.80. The Labute approximate surface area is 126 Å². The molecule has 2 heteroatoms. The molecule has 1 aliphatic rings. The maximum atomic E-state index is 11.1. The molecule has 21 heavy (non-hydrogen) atoms. The third kappa shape index (κ3) is 2.35. The molecule has 0 saturated carbocycles. The Morgan fingerprint density at radius 2 is 1.90 bits per heavy atom. The first-order valence-corrected chi connectivity index (χ1v) is 7.69. The number of para-hydroxylation sites is 1.